The highest BCUT2D eigenvalue weighted by molar-refractivity contribution is 5.80. The minimum atomic E-state index is 0.340. The van der Waals surface area contributed by atoms with Gasteiger partial charge in [0.2, 0.25) is 5.91 Å². The lowest BCUT2D eigenvalue weighted by atomic mass is 9.84. The number of hydrogen-bond donors (Lipinski definition) is 0. The van der Waals surface area contributed by atoms with Crippen LogP contribution in [0.2, 0.25) is 0 Å². The predicted octanol–water partition coefficient (Wildman–Crippen LogP) is 1.42. The molecule has 0 radical (unpaired) electrons. The summed E-state index contributed by atoms with van der Waals surface area (Å²) in [6.45, 7) is 1.65. The standard InChI is InChI=1S/C11H19NO2/c1-14-8-10-6-3-7-12(10)11(13)9-4-2-5-9/h9-10H,2-8H2,1H3. The van der Waals surface area contributed by atoms with Gasteiger partial charge in [0, 0.05) is 19.6 Å². The molecule has 0 aromatic heterocycles. The van der Waals surface area contributed by atoms with Crippen LogP contribution in [0.15, 0.2) is 0 Å². The Morgan fingerprint density at radius 1 is 1.36 bits per heavy atom. The second-order valence-electron chi connectivity index (χ2n) is 4.41. The summed E-state index contributed by atoms with van der Waals surface area (Å²) in [6.07, 6.45) is 5.71. The molecule has 1 unspecified atom stereocenters. The van der Waals surface area contributed by atoms with E-state index in [1.807, 2.05) is 4.90 Å². The molecule has 2 aliphatic rings. The Hall–Kier alpha value is -0.570. The number of nitrogens with zero attached hydrogens (tertiary/aromatic N) is 1. The van der Waals surface area contributed by atoms with Crippen molar-refractivity contribution >= 4 is 5.91 Å². The van der Waals surface area contributed by atoms with Crippen LogP contribution in [-0.2, 0) is 9.53 Å². The minimum absolute atomic E-state index is 0.340. The van der Waals surface area contributed by atoms with E-state index in [0.29, 0.717) is 24.5 Å². The third-order valence-corrected chi connectivity index (χ3v) is 3.47. The van der Waals surface area contributed by atoms with Crippen molar-refractivity contribution in [1.82, 2.24) is 4.90 Å². The van der Waals surface area contributed by atoms with E-state index in [2.05, 4.69) is 0 Å². The van der Waals surface area contributed by atoms with Gasteiger partial charge in [-0.25, -0.2) is 0 Å². The molecule has 2 rings (SSSR count). The minimum Gasteiger partial charge on any atom is -0.383 e. The highest BCUT2D eigenvalue weighted by Gasteiger charge is 2.35. The van der Waals surface area contributed by atoms with Gasteiger partial charge in [-0.05, 0) is 25.7 Å². The summed E-state index contributed by atoms with van der Waals surface area (Å²) < 4.78 is 5.14. The van der Waals surface area contributed by atoms with E-state index >= 15 is 0 Å². The van der Waals surface area contributed by atoms with Crippen molar-refractivity contribution in [1.29, 1.82) is 0 Å². The number of rotatable bonds is 3. The van der Waals surface area contributed by atoms with Gasteiger partial charge in [0.25, 0.3) is 0 Å². The highest BCUT2D eigenvalue weighted by atomic mass is 16.5. The second-order valence-corrected chi connectivity index (χ2v) is 4.41. The molecule has 1 aliphatic carbocycles. The maximum Gasteiger partial charge on any atom is 0.226 e. The van der Waals surface area contributed by atoms with Crippen molar-refractivity contribution < 1.29 is 9.53 Å². The van der Waals surface area contributed by atoms with Gasteiger partial charge in [0.15, 0.2) is 0 Å². The zero-order valence-corrected chi connectivity index (χ0v) is 8.87. The summed E-state index contributed by atoms with van der Waals surface area (Å²) in [5.74, 6) is 0.725. The molecule has 0 aromatic carbocycles. The molecule has 0 spiro atoms. The Balaban J connectivity index is 1.90. The van der Waals surface area contributed by atoms with Crippen LogP contribution >= 0.6 is 0 Å². The Morgan fingerprint density at radius 2 is 2.14 bits per heavy atom. The van der Waals surface area contributed by atoms with Gasteiger partial charge < -0.3 is 9.64 Å². The Kier molecular flexibility index (Phi) is 3.06. The van der Waals surface area contributed by atoms with Crippen LogP contribution in [-0.4, -0.2) is 37.1 Å². The van der Waals surface area contributed by atoms with E-state index in [1.165, 1.54) is 6.42 Å². The highest BCUT2D eigenvalue weighted by Crippen LogP contribution is 2.31. The first-order valence-electron chi connectivity index (χ1n) is 5.62. The maximum absolute atomic E-state index is 12.0. The average Bonchev–Trinajstić information content (AvgIpc) is 2.49. The number of hydrogen-bond acceptors (Lipinski definition) is 2. The monoisotopic (exact) mass is 197 g/mol. The van der Waals surface area contributed by atoms with Gasteiger partial charge in [0.05, 0.1) is 12.6 Å². The smallest absolute Gasteiger partial charge is 0.226 e. The lowest BCUT2D eigenvalue weighted by Crippen LogP contribution is -2.43. The zero-order chi connectivity index (χ0) is 9.97. The lowest BCUT2D eigenvalue weighted by molar-refractivity contribution is -0.139. The van der Waals surface area contributed by atoms with Gasteiger partial charge in [-0.3, -0.25) is 4.79 Å². The molecule has 0 bridgehead atoms. The van der Waals surface area contributed by atoms with E-state index < -0.39 is 0 Å². The summed E-state index contributed by atoms with van der Waals surface area (Å²) >= 11 is 0. The number of ether oxygens (including phenoxy) is 1. The SMILES string of the molecule is COCC1CCCN1C(=O)C1CCC1. The van der Waals surface area contributed by atoms with Crippen LogP contribution in [0.1, 0.15) is 32.1 Å². The molecule has 1 heterocycles. The van der Waals surface area contributed by atoms with Crippen molar-refractivity contribution in [3.05, 3.63) is 0 Å². The molecule has 3 heteroatoms. The molecule has 14 heavy (non-hydrogen) atoms. The number of likely N-dealkylation sites (tertiary alicyclic amines) is 1. The van der Waals surface area contributed by atoms with Gasteiger partial charge in [0.1, 0.15) is 0 Å². The molecule has 0 N–H and O–H groups in total. The van der Waals surface area contributed by atoms with Crippen molar-refractivity contribution in [2.24, 2.45) is 5.92 Å². The number of carbonyl (C=O) groups excluding carboxylic acids is 1. The van der Waals surface area contributed by atoms with Crippen LogP contribution in [0.25, 0.3) is 0 Å². The Morgan fingerprint density at radius 3 is 2.71 bits per heavy atom. The van der Waals surface area contributed by atoms with Crippen molar-refractivity contribution in [3.63, 3.8) is 0 Å². The second kappa shape index (κ2) is 4.30. The number of amides is 1. The molecule has 0 aromatic rings. The van der Waals surface area contributed by atoms with E-state index in [1.54, 1.807) is 7.11 Å². The molecular weight excluding hydrogens is 178 g/mol. The fourth-order valence-corrected chi connectivity index (χ4v) is 2.38. The van der Waals surface area contributed by atoms with Gasteiger partial charge in [-0.2, -0.15) is 0 Å². The largest absolute Gasteiger partial charge is 0.383 e. The van der Waals surface area contributed by atoms with Crippen molar-refractivity contribution in [3.8, 4) is 0 Å². The van der Waals surface area contributed by atoms with Crippen molar-refractivity contribution in [2.75, 3.05) is 20.3 Å². The van der Waals surface area contributed by atoms with Crippen LogP contribution in [0.5, 0.6) is 0 Å². The summed E-state index contributed by atoms with van der Waals surface area (Å²) in [6, 6.07) is 0.355. The van der Waals surface area contributed by atoms with Crippen molar-refractivity contribution in [2.45, 2.75) is 38.1 Å². The summed E-state index contributed by atoms with van der Waals surface area (Å²) in [4.78, 5) is 14.0. The van der Waals surface area contributed by atoms with Crippen LogP contribution in [0, 0.1) is 5.92 Å². The quantitative estimate of drug-likeness (QED) is 0.685. The average molecular weight is 197 g/mol. The molecule has 1 atom stereocenters. The molecule has 1 aliphatic heterocycles. The van der Waals surface area contributed by atoms with Gasteiger partial charge in [-0.15, -0.1) is 0 Å². The molecule has 1 amide bonds. The first-order valence-corrected chi connectivity index (χ1v) is 5.62. The van der Waals surface area contributed by atoms with E-state index in [-0.39, 0.29) is 0 Å². The van der Waals surface area contributed by atoms with E-state index in [4.69, 9.17) is 4.74 Å². The molecule has 2 fully saturated rings. The van der Waals surface area contributed by atoms with E-state index in [0.717, 1.165) is 32.2 Å². The normalized spacial score (nSPS) is 27.8. The summed E-state index contributed by atoms with van der Waals surface area (Å²) in [5, 5.41) is 0. The summed E-state index contributed by atoms with van der Waals surface area (Å²) in [7, 11) is 1.71. The lowest BCUT2D eigenvalue weighted by Gasteiger charge is -2.32. The third-order valence-electron chi connectivity index (χ3n) is 3.47. The fourth-order valence-electron chi connectivity index (χ4n) is 2.38. The van der Waals surface area contributed by atoms with Crippen LogP contribution in [0.3, 0.4) is 0 Å². The maximum atomic E-state index is 12.0. The predicted molar refractivity (Wildman–Crippen MR) is 54.0 cm³/mol. The molecule has 3 nitrogen and oxygen atoms in total. The van der Waals surface area contributed by atoms with E-state index in [9.17, 15) is 4.79 Å². The van der Waals surface area contributed by atoms with Gasteiger partial charge in [-0.1, -0.05) is 6.42 Å². The Labute approximate surface area is 85.4 Å². The molecular formula is C11H19NO2. The molecule has 80 valence electrons. The molecule has 1 saturated heterocycles. The molecule has 1 saturated carbocycles. The first-order chi connectivity index (χ1) is 6.83. The first kappa shape index (κ1) is 9.97. The third kappa shape index (κ3) is 1.78. The number of methoxy groups -OCH3 is 1. The fraction of sp³-hybridized carbons (Fsp3) is 0.909. The summed E-state index contributed by atoms with van der Waals surface area (Å²) in [5.41, 5.74) is 0. The van der Waals surface area contributed by atoms with Crippen LogP contribution < -0.4 is 0 Å². The Bertz CT molecular complexity index is 213. The van der Waals surface area contributed by atoms with Crippen LogP contribution in [0.4, 0.5) is 0 Å². The van der Waals surface area contributed by atoms with Gasteiger partial charge >= 0.3 is 0 Å². The zero-order valence-electron chi connectivity index (χ0n) is 8.87. The topological polar surface area (TPSA) is 29.5 Å². The number of carbonyl (C=O) groups is 1.